The number of carbonyl (C=O) groups excluding carboxylic acids is 1. The quantitative estimate of drug-likeness (QED) is 0.867. The summed E-state index contributed by atoms with van der Waals surface area (Å²) < 4.78 is 11.2. The molecule has 0 radical (unpaired) electrons. The summed E-state index contributed by atoms with van der Waals surface area (Å²) in [6.07, 6.45) is -0.344. The summed E-state index contributed by atoms with van der Waals surface area (Å²) >= 11 is 0. The lowest BCUT2D eigenvalue weighted by atomic mass is 9.99. The molecule has 118 valence electrons. The van der Waals surface area contributed by atoms with Crippen LogP contribution in [0.2, 0.25) is 0 Å². The summed E-state index contributed by atoms with van der Waals surface area (Å²) in [6.45, 7) is 13.6. The predicted molar refractivity (Wildman–Crippen MR) is 77.4 cm³/mol. The Labute approximate surface area is 122 Å². The molecule has 0 saturated carbocycles. The summed E-state index contributed by atoms with van der Waals surface area (Å²) in [5.74, 6) is 0.152. The van der Waals surface area contributed by atoms with Gasteiger partial charge in [0.2, 0.25) is 0 Å². The van der Waals surface area contributed by atoms with E-state index in [0.717, 1.165) is 0 Å². The first-order valence-corrected chi connectivity index (χ1v) is 7.28. The number of nitrogens with zero attached hydrogens (tertiary/aromatic N) is 1. The van der Waals surface area contributed by atoms with E-state index in [1.165, 1.54) is 0 Å². The third-order valence-corrected chi connectivity index (χ3v) is 3.45. The van der Waals surface area contributed by atoms with Crippen molar-refractivity contribution in [3.63, 3.8) is 0 Å². The molecule has 5 heteroatoms. The Hall–Kier alpha value is -0.810. The molecule has 2 atom stereocenters. The second kappa shape index (κ2) is 5.90. The summed E-state index contributed by atoms with van der Waals surface area (Å²) in [6, 6.07) is -0.155. The fourth-order valence-electron chi connectivity index (χ4n) is 2.29. The maximum absolute atomic E-state index is 12.4. The van der Waals surface area contributed by atoms with E-state index in [1.54, 1.807) is 4.90 Å². The van der Waals surface area contributed by atoms with Crippen LogP contribution >= 0.6 is 0 Å². The van der Waals surface area contributed by atoms with Crippen molar-refractivity contribution in [3.8, 4) is 0 Å². The molecule has 1 heterocycles. The van der Waals surface area contributed by atoms with Crippen LogP contribution in [-0.2, 0) is 9.47 Å². The number of hydrogen-bond donors (Lipinski definition) is 1. The van der Waals surface area contributed by atoms with Gasteiger partial charge in [0.1, 0.15) is 11.3 Å². The smallest absolute Gasteiger partial charge is 0.412 e. The Kier molecular flexibility index (Phi) is 5.08. The Morgan fingerprint density at radius 2 is 2.00 bits per heavy atom. The van der Waals surface area contributed by atoms with Crippen LogP contribution in [0.25, 0.3) is 0 Å². The fourth-order valence-corrected chi connectivity index (χ4v) is 2.29. The summed E-state index contributed by atoms with van der Waals surface area (Å²) in [5.41, 5.74) is -1.25. The molecular formula is C15H29NO4. The lowest BCUT2D eigenvalue weighted by Crippen LogP contribution is -2.50. The zero-order valence-electron chi connectivity index (χ0n) is 13.8. The highest BCUT2D eigenvalue weighted by molar-refractivity contribution is 5.69. The SMILES string of the molecule is CC(C)C(O)CC1COC(C)(C)N1C(=O)OC(C)(C)C. The van der Waals surface area contributed by atoms with Gasteiger partial charge in [-0.25, -0.2) is 4.79 Å². The van der Waals surface area contributed by atoms with Gasteiger partial charge in [-0.15, -0.1) is 0 Å². The Morgan fingerprint density at radius 1 is 1.45 bits per heavy atom. The first kappa shape index (κ1) is 17.2. The van der Waals surface area contributed by atoms with Crippen molar-refractivity contribution in [2.45, 2.75) is 78.4 Å². The predicted octanol–water partition coefficient (Wildman–Crippen LogP) is 2.77. The molecule has 1 rings (SSSR count). The topological polar surface area (TPSA) is 59.0 Å². The normalized spacial score (nSPS) is 24.1. The van der Waals surface area contributed by atoms with Crippen molar-refractivity contribution < 1.29 is 19.4 Å². The van der Waals surface area contributed by atoms with Gasteiger partial charge in [0.05, 0.1) is 18.8 Å². The standard InChI is InChI=1S/C15H29NO4/c1-10(2)12(17)8-11-9-19-15(6,7)16(11)13(18)20-14(3,4)5/h10-12,17H,8-9H2,1-7H3. The number of carbonyl (C=O) groups is 1. The molecule has 0 aromatic rings. The Morgan fingerprint density at radius 3 is 2.45 bits per heavy atom. The molecule has 1 aliphatic heterocycles. The van der Waals surface area contributed by atoms with E-state index in [9.17, 15) is 9.90 Å². The first-order chi connectivity index (χ1) is 8.94. The van der Waals surface area contributed by atoms with Crippen LogP contribution in [0.3, 0.4) is 0 Å². The second-order valence-electron chi connectivity index (χ2n) is 7.31. The summed E-state index contributed by atoms with van der Waals surface area (Å²) in [7, 11) is 0. The van der Waals surface area contributed by atoms with Crippen LogP contribution in [0.1, 0.15) is 54.9 Å². The van der Waals surface area contributed by atoms with Crippen LogP contribution in [0.5, 0.6) is 0 Å². The molecular weight excluding hydrogens is 258 g/mol. The number of amides is 1. The first-order valence-electron chi connectivity index (χ1n) is 7.28. The molecule has 0 aliphatic carbocycles. The number of aliphatic hydroxyl groups is 1. The number of aliphatic hydroxyl groups excluding tert-OH is 1. The van der Waals surface area contributed by atoms with Crippen molar-refractivity contribution in [1.29, 1.82) is 0 Å². The number of hydrogen-bond acceptors (Lipinski definition) is 4. The van der Waals surface area contributed by atoms with Crippen molar-refractivity contribution >= 4 is 6.09 Å². The zero-order chi connectivity index (χ0) is 15.7. The number of rotatable bonds is 3. The van der Waals surface area contributed by atoms with Gasteiger partial charge in [0.25, 0.3) is 0 Å². The molecule has 5 nitrogen and oxygen atoms in total. The van der Waals surface area contributed by atoms with Crippen molar-refractivity contribution in [1.82, 2.24) is 4.90 Å². The summed E-state index contributed by atoms with van der Waals surface area (Å²) in [4.78, 5) is 14.0. The third kappa shape index (κ3) is 4.35. The lowest BCUT2D eigenvalue weighted by Gasteiger charge is -2.35. The molecule has 20 heavy (non-hydrogen) atoms. The van der Waals surface area contributed by atoms with E-state index in [0.29, 0.717) is 13.0 Å². The van der Waals surface area contributed by atoms with Gasteiger partial charge in [0, 0.05) is 0 Å². The van der Waals surface area contributed by atoms with Crippen LogP contribution < -0.4 is 0 Å². The molecule has 1 N–H and O–H groups in total. The molecule has 1 saturated heterocycles. The fraction of sp³-hybridized carbons (Fsp3) is 0.933. The van der Waals surface area contributed by atoms with Gasteiger partial charge in [-0.05, 0) is 47.0 Å². The second-order valence-corrected chi connectivity index (χ2v) is 7.31. The lowest BCUT2D eigenvalue weighted by molar-refractivity contribution is -0.0641. The highest BCUT2D eigenvalue weighted by atomic mass is 16.6. The molecule has 0 spiro atoms. The van der Waals surface area contributed by atoms with Gasteiger partial charge < -0.3 is 14.6 Å². The Balaban J connectivity index is 2.83. The van der Waals surface area contributed by atoms with E-state index >= 15 is 0 Å². The molecule has 1 aliphatic rings. The van der Waals surface area contributed by atoms with Gasteiger partial charge in [0.15, 0.2) is 0 Å². The van der Waals surface area contributed by atoms with E-state index in [4.69, 9.17) is 9.47 Å². The van der Waals surface area contributed by atoms with Crippen molar-refractivity contribution in [3.05, 3.63) is 0 Å². The average molecular weight is 287 g/mol. The number of ether oxygens (including phenoxy) is 2. The maximum atomic E-state index is 12.4. The van der Waals surface area contributed by atoms with Gasteiger partial charge in [-0.1, -0.05) is 13.8 Å². The van der Waals surface area contributed by atoms with Crippen LogP contribution in [-0.4, -0.2) is 46.2 Å². The largest absolute Gasteiger partial charge is 0.444 e. The van der Waals surface area contributed by atoms with E-state index in [2.05, 4.69) is 0 Å². The molecule has 2 unspecified atom stereocenters. The van der Waals surface area contributed by atoms with E-state index in [-0.39, 0.29) is 18.1 Å². The van der Waals surface area contributed by atoms with E-state index < -0.39 is 17.4 Å². The van der Waals surface area contributed by atoms with Crippen LogP contribution in [0.4, 0.5) is 4.79 Å². The molecule has 1 fully saturated rings. The highest BCUT2D eigenvalue weighted by Gasteiger charge is 2.46. The van der Waals surface area contributed by atoms with Crippen molar-refractivity contribution in [2.24, 2.45) is 5.92 Å². The zero-order valence-corrected chi connectivity index (χ0v) is 13.8. The van der Waals surface area contributed by atoms with Crippen molar-refractivity contribution in [2.75, 3.05) is 6.61 Å². The van der Waals surface area contributed by atoms with Crippen LogP contribution in [0.15, 0.2) is 0 Å². The highest BCUT2D eigenvalue weighted by Crippen LogP contribution is 2.32. The van der Waals surface area contributed by atoms with Gasteiger partial charge in [-0.2, -0.15) is 0 Å². The van der Waals surface area contributed by atoms with Gasteiger partial charge >= 0.3 is 6.09 Å². The monoisotopic (exact) mass is 287 g/mol. The minimum absolute atomic E-state index is 0.152. The minimum atomic E-state index is -0.705. The molecule has 1 amide bonds. The summed E-state index contributed by atoms with van der Waals surface area (Å²) in [5, 5.41) is 10.1. The molecule has 0 bridgehead atoms. The van der Waals surface area contributed by atoms with E-state index in [1.807, 2.05) is 48.5 Å². The maximum Gasteiger partial charge on any atom is 0.412 e. The molecule has 0 aromatic carbocycles. The third-order valence-electron chi connectivity index (χ3n) is 3.45. The Bertz CT molecular complexity index is 346. The van der Waals surface area contributed by atoms with Gasteiger partial charge in [-0.3, -0.25) is 4.90 Å². The minimum Gasteiger partial charge on any atom is -0.444 e. The molecule has 0 aromatic heterocycles. The average Bonchev–Trinajstić information content (AvgIpc) is 2.51. The van der Waals surface area contributed by atoms with Crippen LogP contribution in [0, 0.1) is 5.92 Å².